The van der Waals surface area contributed by atoms with Gasteiger partial charge in [-0.1, -0.05) is 5.18 Å². The number of hydrogen-bond acceptors (Lipinski definition) is 10. The number of aromatic nitrogens is 1. The Bertz CT molecular complexity index is 866. The first kappa shape index (κ1) is 24.8. The number of amides is 1. The van der Waals surface area contributed by atoms with Gasteiger partial charge >= 0.3 is 0 Å². The first-order chi connectivity index (χ1) is 16.4. The normalized spacial score (nSPS) is 28.5. The number of pyridine rings is 1. The summed E-state index contributed by atoms with van der Waals surface area (Å²) in [6.45, 7) is 4.21. The average Bonchev–Trinajstić information content (AvgIpc) is 3.36. The van der Waals surface area contributed by atoms with Gasteiger partial charge < -0.3 is 20.7 Å². The van der Waals surface area contributed by atoms with E-state index in [-0.39, 0.29) is 24.5 Å². The molecule has 11 nitrogen and oxygen atoms in total. The number of hydrogen-bond donors (Lipinski definition) is 3. The molecule has 1 aromatic rings. The lowest BCUT2D eigenvalue weighted by atomic mass is 9.98. The van der Waals surface area contributed by atoms with Crippen LogP contribution in [0.15, 0.2) is 17.6 Å². The van der Waals surface area contributed by atoms with Crippen LogP contribution in [0.5, 0.6) is 0 Å². The van der Waals surface area contributed by atoms with Crippen LogP contribution in [0, 0.1) is 16.6 Å². The van der Waals surface area contributed by atoms with Crippen molar-refractivity contribution in [3.63, 3.8) is 0 Å². The summed E-state index contributed by atoms with van der Waals surface area (Å²) in [6, 6.07) is 0.380. The molecule has 0 radical (unpaired) electrons. The second kappa shape index (κ2) is 11.0. The van der Waals surface area contributed by atoms with Crippen LogP contribution in [0.4, 0.5) is 20.2 Å². The zero-order valence-electron chi connectivity index (χ0n) is 19.2. The standard InChI is InChI=1S/C21H32F2N8O3/c1-29-11-13(22)8-26-20(29)17(19(24)28-33)21(32)27-16-10-25-9-15(23)18(16)31-5-3-30(4-6-31)14-2-7-34-12-14/h9-10,13-14,17,19-20,26H,2-8,11-12,24H2,1H3,(H,27,32)/t13?,14-,17?,19?,20?/m0/s1. The molecule has 3 aliphatic rings. The first-order valence-electron chi connectivity index (χ1n) is 11.6. The van der Waals surface area contributed by atoms with Crippen LogP contribution in [0.3, 0.4) is 0 Å². The zero-order valence-corrected chi connectivity index (χ0v) is 19.2. The molecule has 3 saturated heterocycles. The predicted octanol–water partition coefficient (Wildman–Crippen LogP) is -0.0633. The van der Waals surface area contributed by atoms with Gasteiger partial charge in [0.15, 0.2) is 12.0 Å². The van der Waals surface area contributed by atoms with E-state index >= 15 is 0 Å². The number of rotatable bonds is 7. The third kappa shape index (κ3) is 5.33. The predicted molar refractivity (Wildman–Crippen MR) is 122 cm³/mol. The number of nitroso groups, excluding NO2 is 1. The fourth-order valence-corrected chi connectivity index (χ4v) is 5.02. The summed E-state index contributed by atoms with van der Waals surface area (Å²) in [5.74, 6) is -2.30. The van der Waals surface area contributed by atoms with Crippen LogP contribution >= 0.6 is 0 Å². The molecule has 1 aromatic heterocycles. The van der Waals surface area contributed by atoms with Gasteiger partial charge in [0.05, 0.1) is 30.9 Å². The van der Waals surface area contributed by atoms with Crippen molar-refractivity contribution < 1.29 is 18.3 Å². The molecule has 3 fully saturated rings. The Kier molecular flexibility index (Phi) is 7.99. The van der Waals surface area contributed by atoms with Crippen molar-refractivity contribution in [3.8, 4) is 0 Å². The molecule has 0 aliphatic carbocycles. The van der Waals surface area contributed by atoms with E-state index in [4.69, 9.17) is 10.5 Å². The third-order valence-electron chi connectivity index (χ3n) is 6.83. The van der Waals surface area contributed by atoms with E-state index in [1.54, 1.807) is 11.9 Å². The molecule has 3 aliphatic heterocycles. The number of ether oxygens (including phenoxy) is 1. The maximum absolute atomic E-state index is 14.9. The van der Waals surface area contributed by atoms with E-state index in [0.717, 1.165) is 32.3 Å². The Balaban J connectivity index is 1.50. The van der Waals surface area contributed by atoms with Gasteiger partial charge in [0, 0.05) is 51.9 Å². The minimum atomic E-state index is -1.38. The van der Waals surface area contributed by atoms with Crippen LogP contribution in [-0.2, 0) is 9.53 Å². The highest BCUT2D eigenvalue weighted by molar-refractivity contribution is 5.96. The molecule has 5 atom stereocenters. The molecule has 0 saturated carbocycles. The molecular weight excluding hydrogens is 450 g/mol. The fourth-order valence-electron chi connectivity index (χ4n) is 5.02. The smallest absolute Gasteiger partial charge is 0.234 e. The van der Waals surface area contributed by atoms with E-state index in [1.807, 2.05) is 4.90 Å². The number of piperazine rings is 1. The number of nitrogens with zero attached hydrogens (tertiary/aromatic N) is 5. The molecule has 4 rings (SSSR count). The van der Waals surface area contributed by atoms with Gasteiger partial charge in [0.1, 0.15) is 17.8 Å². The van der Waals surface area contributed by atoms with Gasteiger partial charge in [-0.2, -0.15) is 0 Å². The molecule has 0 aromatic carbocycles. The average molecular weight is 483 g/mol. The summed E-state index contributed by atoms with van der Waals surface area (Å²) in [7, 11) is 1.63. The molecule has 1 amide bonds. The monoisotopic (exact) mass is 482 g/mol. The first-order valence-corrected chi connectivity index (χ1v) is 11.6. The van der Waals surface area contributed by atoms with Crippen LogP contribution in [0.2, 0.25) is 0 Å². The van der Waals surface area contributed by atoms with Gasteiger partial charge in [-0.05, 0) is 13.5 Å². The van der Waals surface area contributed by atoms with Crippen LogP contribution in [0.1, 0.15) is 6.42 Å². The van der Waals surface area contributed by atoms with E-state index in [1.165, 1.54) is 6.20 Å². The number of halogens is 2. The van der Waals surface area contributed by atoms with Crippen molar-refractivity contribution in [3.05, 3.63) is 23.1 Å². The quantitative estimate of drug-likeness (QED) is 0.458. The van der Waals surface area contributed by atoms with Gasteiger partial charge in [-0.3, -0.25) is 24.9 Å². The Labute approximate surface area is 196 Å². The highest BCUT2D eigenvalue weighted by Crippen LogP contribution is 2.31. The van der Waals surface area contributed by atoms with E-state index < -0.39 is 36.1 Å². The minimum absolute atomic E-state index is 0.0213. The molecule has 34 heavy (non-hydrogen) atoms. The highest BCUT2D eigenvalue weighted by atomic mass is 19.1. The van der Waals surface area contributed by atoms with Gasteiger partial charge in [0.2, 0.25) is 5.91 Å². The van der Waals surface area contributed by atoms with Crippen molar-refractivity contribution in [2.75, 3.05) is 69.7 Å². The summed E-state index contributed by atoms with van der Waals surface area (Å²) in [5, 5.41) is 8.47. The summed E-state index contributed by atoms with van der Waals surface area (Å²) < 4.78 is 34.1. The maximum atomic E-state index is 14.9. The Hall–Kier alpha value is -2.32. The second-order valence-electron chi connectivity index (χ2n) is 9.06. The molecule has 4 N–H and O–H groups in total. The summed E-state index contributed by atoms with van der Waals surface area (Å²) in [4.78, 5) is 34.2. The van der Waals surface area contributed by atoms with Crippen LogP contribution in [-0.4, -0.2) is 105 Å². The molecule has 13 heteroatoms. The number of carbonyl (C=O) groups is 1. The second-order valence-corrected chi connectivity index (χ2v) is 9.06. The number of alkyl halides is 1. The number of nitrogens with one attached hydrogen (secondary N) is 2. The fraction of sp³-hybridized carbons (Fsp3) is 0.714. The summed E-state index contributed by atoms with van der Waals surface area (Å²) in [6.07, 6.45) is 0.277. The van der Waals surface area contributed by atoms with Gasteiger partial charge in [-0.25, -0.2) is 8.78 Å². The molecule has 4 heterocycles. The zero-order chi connectivity index (χ0) is 24.2. The summed E-state index contributed by atoms with van der Waals surface area (Å²) in [5.41, 5.74) is 6.30. The largest absolute Gasteiger partial charge is 0.380 e. The minimum Gasteiger partial charge on any atom is -0.380 e. The summed E-state index contributed by atoms with van der Waals surface area (Å²) >= 11 is 0. The number of nitrogens with two attached hydrogens (primary N) is 1. The van der Waals surface area contributed by atoms with Crippen molar-refractivity contribution >= 4 is 17.3 Å². The maximum Gasteiger partial charge on any atom is 0.234 e. The topological polar surface area (TPSA) is 128 Å². The number of anilines is 2. The van der Waals surface area contributed by atoms with Crippen molar-refractivity contribution in [2.45, 2.75) is 31.0 Å². The van der Waals surface area contributed by atoms with E-state index in [2.05, 4.69) is 25.7 Å². The Morgan fingerprint density at radius 2 is 2.12 bits per heavy atom. The van der Waals surface area contributed by atoms with E-state index in [9.17, 15) is 18.5 Å². The van der Waals surface area contributed by atoms with Gasteiger partial charge in [-0.15, -0.1) is 4.91 Å². The SMILES string of the molecule is CN1CC(F)CNC1C(C(=O)Nc1cncc(F)c1N1CCN([C@H]2CCOC2)CC1)C(N)N=O. The number of carbonyl (C=O) groups excluding carboxylic acids is 1. The van der Waals surface area contributed by atoms with Crippen molar-refractivity contribution in [2.24, 2.45) is 16.8 Å². The Morgan fingerprint density at radius 3 is 2.76 bits per heavy atom. The molecular formula is C21H32F2N8O3. The lowest BCUT2D eigenvalue weighted by Crippen LogP contribution is -2.62. The van der Waals surface area contributed by atoms with Crippen molar-refractivity contribution in [1.82, 2.24) is 20.1 Å². The molecule has 0 spiro atoms. The third-order valence-corrected chi connectivity index (χ3v) is 6.83. The van der Waals surface area contributed by atoms with Crippen molar-refractivity contribution in [1.29, 1.82) is 0 Å². The lowest BCUT2D eigenvalue weighted by Gasteiger charge is -2.40. The van der Waals surface area contributed by atoms with Gasteiger partial charge in [0.25, 0.3) is 0 Å². The lowest BCUT2D eigenvalue weighted by molar-refractivity contribution is -0.124. The van der Waals surface area contributed by atoms with E-state index in [0.29, 0.717) is 25.7 Å². The molecule has 0 bridgehead atoms. The highest BCUT2D eigenvalue weighted by Gasteiger charge is 2.40. The van der Waals surface area contributed by atoms with Crippen LogP contribution in [0.25, 0.3) is 0 Å². The molecule has 4 unspecified atom stereocenters. The Morgan fingerprint density at radius 1 is 1.35 bits per heavy atom. The molecule has 188 valence electrons. The van der Waals surface area contributed by atoms with Crippen LogP contribution < -0.4 is 21.3 Å².